The van der Waals surface area contributed by atoms with Gasteiger partial charge in [0.2, 0.25) is 0 Å². The predicted molar refractivity (Wildman–Crippen MR) is 125 cm³/mol. The van der Waals surface area contributed by atoms with Gasteiger partial charge in [0.05, 0.1) is 24.0 Å². The first-order valence-corrected chi connectivity index (χ1v) is 10.6. The highest BCUT2D eigenvalue weighted by Crippen LogP contribution is 2.39. The molecule has 0 aliphatic heterocycles. The van der Waals surface area contributed by atoms with Crippen molar-refractivity contribution in [1.82, 2.24) is 25.5 Å². The van der Waals surface area contributed by atoms with E-state index in [2.05, 4.69) is 36.1 Å². The molecule has 0 bridgehead atoms. The van der Waals surface area contributed by atoms with Crippen molar-refractivity contribution in [3.05, 3.63) is 65.4 Å². The molecular weight excluding hydrogens is 426 g/mol. The normalized spacial score (nSPS) is 10.5. The maximum Gasteiger partial charge on any atom is 0.273 e. The quantitative estimate of drug-likeness (QED) is 0.387. The number of thiazole rings is 1. The van der Waals surface area contributed by atoms with Crippen LogP contribution in [0.2, 0.25) is 0 Å². The second kappa shape index (κ2) is 9.40. The molecule has 0 radical (unpaired) electrons. The first-order valence-electron chi connectivity index (χ1n) is 9.73. The number of pyridine rings is 1. The van der Waals surface area contributed by atoms with Gasteiger partial charge in [-0.05, 0) is 31.2 Å². The number of benzene rings is 1. The van der Waals surface area contributed by atoms with E-state index in [9.17, 15) is 4.79 Å². The number of carbonyl (C=O) groups excluding carboxylic acids is 1. The van der Waals surface area contributed by atoms with Crippen LogP contribution in [0, 0.1) is 6.92 Å². The third kappa shape index (κ3) is 4.49. The number of nitrogens with zero attached hydrogens (tertiary/aromatic N) is 4. The molecular formula is C22H21N7O2S. The van der Waals surface area contributed by atoms with E-state index in [0.29, 0.717) is 28.8 Å². The van der Waals surface area contributed by atoms with Crippen LogP contribution in [0.25, 0.3) is 10.6 Å². The van der Waals surface area contributed by atoms with E-state index in [1.807, 2.05) is 48.7 Å². The van der Waals surface area contributed by atoms with Crippen molar-refractivity contribution in [2.24, 2.45) is 0 Å². The van der Waals surface area contributed by atoms with Crippen LogP contribution in [0.1, 0.15) is 16.2 Å². The van der Waals surface area contributed by atoms with Gasteiger partial charge in [0.25, 0.3) is 5.91 Å². The average Bonchev–Trinajstić information content (AvgIpc) is 3.25. The van der Waals surface area contributed by atoms with Gasteiger partial charge in [-0.15, -0.1) is 21.5 Å². The van der Waals surface area contributed by atoms with Crippen molar-refractivity contribution in [3.8, 4) is 16.3 Å². The molecule has 32 heavy (non-hydrogen) atoms. The summed E-state index contributed by atoms with van der Waals surface area (Å²) in [6.07, 6.45) is 1.67. The first kappa shape index (κ1) is 21.2. The summed E-state index contributed by atoms with van der Waals surface area (Å²) in [7, 11) is 3.14. The lowest BCUT2D eigenvalue weighted by atomic mass is 10.1. The van der Waals surface area contributed by atoms with Crippen molar-refractivity contribution in [2.45, 2.75) is 6.92 Å². The molecule has 9 nitrogen and oxygen atoms in total. The summed E-state index contributed by atoms with van der Waals surface area (Å²) in [6, 6.07) is 12.9. The van der Waals surface area contributed by atoms with E-state index in [1.54, 1.807) is 37.8 Å². The summed E-state index contributed by atoms with van der Waals surface area (Å²) in [4.78, 5) is 21.2. The molecule has 3 N–H and O–H groups in total. The number of hydrogen-bond acceptors (Lipinski definition) is 9. The minimum absolute atomic E-state index is 0.150. The number of aromatic nitrogens is 4. The van der Waals surface area contributed by atoms with E-state index >= 15 is 0 Å². The lowest BCUT2D eigenvalue weighted by Gasteiger charge is -2.16. The fourth-order valence-corrected chi connectivity index (χ4v) is 3.87. The lowest BCUT2D eigenvalue weighted by Crippen LogP contribution is -2.21. The molecule has 0 fully saturated rings. The van der Waals surface area contributed by atoms with E-state index < -0.39 is 0 Å². The minimum Gasteiger partial charge on any atom is -0.494 e. The highest BCUT2D eigenvalue weighted by molar-refractivity contribution is 7.13. The molecule has 0 spiro atoms. The van der Waals surface area contributed by atoms with Crippen LogP contribution < -0.4 is 20.7 Å². The van der Waals surface area contributed by atoms with Crippen molar-refractivity contribution >= 4 is 40.3 Å². The molecule has 0 saturated carbocycles. The van der Waals surface area contributed by atoms with Crippen LogP contribution in [-0.4, -0.2) is 40.2 Å². The Morgan fingerprint density at radius 2 is 1.91 bits per heavy atom. The molecule has 4 aromatic rings. The number of amides is 1. The monoisotopic (exact) mass is 447 g/mol. The number of hydrogen-bond donors (Lipinski definition) is 3. The molecule has 3 aromatic heterocycles. The number of ether oxygens (including phenoxy) is 1. The van der Waals surface area contributed by atoms with Crippen LogP contribution >= 0.6 is 11.3 Å². The standard InChI is InChI=1S/C22H21N7O2S/c1-13-12-32-22(25-13)14-7-6-8-15(20(14)31-3)26-16-11-18(27-17-9-4-5-10-24-17)28-29-19(16)21(30)23-2/h4-12H,1-3H3,(H,23,30)(H2,24,26,27,28). The fraction of sp³-hybridized carbons (Fsp3) is 0.136. The Morgan fingerprint density at radius 1 is 1.03 bits per heavy atom. The summed E-state index contributed by atoms with van der Waals surface area (Å²) < 4.78 is 5.71. The number of nitrogens with one attached hydrogen (secondary N) is 3. The van der Waals surface area contributed by atoms with Crippen LogP contribution in [-0.2, 0) is 0 Å². The van der Waals surface area contributed by atoms with E-state index in [1.165, 1.54) is 0 Å². The molecule has 0 unspecified atom stereocenters. The van der Waals surface area contributed by atoms with Gasteiger partial charge in [0.1, 0.15) is 10.8 Å². The fourth-order valence-electron chi connectivity index (χ4n) is 3.05. The molecule has 3 heterocycles. The van der Waals surface area contributed by atoms with E-state index in [4.69, 9.17) is 4.74 Å². The van der Waals surface area contributed by atoms with Crippen molar-refractivity contribution in [1.29, 1.82) is 0 Å². The van der Waals surface area contributed by atoms with Gasteiger partial charge in [0.15, 0.2) is 17.3 Å². The summed E-state index contributed by atoms with van der Waals surface area (Å²) in [5, 5.41) is 20.0. The molecule has 162 valence electrons. The Hall–Kier alpha value is -4.05. The SMILES string of the molecule is CNC(=O)c1nnc(Nc2ccccn2)cc1Nc1cccc(-c2nc(C)cs2)c1OC. The second-order valence-electron chi connectivity index (χ2n) is 6.72. The molecule has 1 amide bonds. The van der Waals surface area contributed by atoms with Crippen LogP contribution in [0.5, 0.6) is 5.75 Å². The van der Waals surface area contributed by atoms with Gasteiger partial charge in [-0.2, -0.15) is 0 Å². The smallest absolute Gasteiger partial charge is 0.273 e. The van der Waals surface area contributed by atoms with Crippen LogP contribution in [0.3, 0.4) is 0 Å². The van der Waals surface area contributed by atoms with Gasteiger partial charge in [0, 0.05) is 30.4 Å². The number of rotatable bonds is 7. The Morgan fingerprint density at radius 3 is 2.59 bits per heavy atom. The van der Waals surface area contributed by atoms with Crippen LogP contribution in [0.15, 0.2) is 54.0 Å². The molecule has 4 rings (SSSR count). The van der Waals surface area contributed by atoms with Gasteiger partial charge >= 0.3 is 0 Å². The lowest BCUT2D eigenvalue weighted by molar-refractivity contribution is 0.0958. The molecule has 10 heteroatoms. The highest BCUT2D eigenvalue weighted by atomic mass is 32.1. The second-order valence-corrected chi connectivity index (χ2v) is 7.57. The Kier molecular flexibility index (Phi) is 6.22. The Balaban J connectivity index is 1.74. The predicted octanol–water partition coefficient (Wildman–Crippen LogP) is 4.16. The summed E-state index contributed by atoms with van der Waals surface area (Å²) >= 11 is 1.54. The molecule has 0 saturated heterocycles. The van der Waals surface area contributed by atoms with Crippen molar-refractivity contribution in [2.75, 3.05) is 24.8 Å². The topological polar surface area (TPSA) is 114 Å². The summed E-state index contributed by atoms with van der Waals surface area (Å²) in [6.45, 7) is 1.95. The summed E-state index contributed by atoms with van der Waals surface area (Å²) in [5.41, 5.74) is 3.07. The Bertz CT molecular complexity index is 1240. The maximum absolute atomic E-state index is 12.4. The Labute approximate surface area is 188 Å². The number of anilines is 4. The molecule has 1 aromatic carbocycles. The van der Waals surface area contributed by atoms with Gasteiger partial charge in [-0.1, -0.05) is 12.1 Å². The van der Waals surface area contributed by atoms with Gasteiger partial charge in [-0.3, -0.25) is 4.79 Å². The van der Waals surface area contributed by atoms with Gasteiger partial charge < -0.3 is 20.7 Å². The number of carbonyl (C=O) groups is 1. The van der Waals surface area contributed by atoms with Gasteiger partial charge in [-0.25, -0.2) is 9.97 Å². The van der Waals surface area contributed by atoms with E-state index in [0.717, 1.165) is 16.3 Å². The molecule has 0 aliphatic carbocycles. The summed E-state index contributed by atoms with van der Waals surface area (Å²) in [5.74, 6) is 1.29. The number of methoxy groups -OCH3 is 1. The maximum atomic E-state index is 12.4. The third-order valence-corrected chi connectivity index (χ3v) is 5.49. The largest absolute Gasteiger partial charge is 0.494 e. The molecule has 0 atom stereocenters. The zero-order valence-electron chi connectivity index (χ0n) is 17.7. The van der Waals surface area contributed by atoms with Crippen molar-refractivity contribution in [3.63, 3.8) is 0 Å². The number of aryl methyl sites for hydroxylation is 1. The zero-order chi connectivity index (χ0) is 22.5. The van der Waals surface area contributed by atoms with Crippen LogP contribution in [0.4, 0.5) is 23.0 Å². The molecule has 0 aliphatic rings. The van der Waals surface area contributed by atoms with E-state index in [-0.39, 0.29) is 11.6 Å². The zero-order valence-corrected chi connectivity index (χ0v) is 18.5. The average molecular weight is 448 g/mol. The first-order chi connectivity index (χ1) is 15.6. The van der Waals surface area contributed by atoms with Crippen molar-refractivity contribution < 1.29 is 9.53 Å². The number of para-hydroxylation sites is 1. The third-order valence-electron chi connectivity index (χ3n) is 4.49. The highest BCUT2D eigenvalue weighted by Gasteiger charge is 2.18. The minimum atomic E-state index is -0.366.